The van der Waals surface area contributed by atoms with E-state index in [0.29, 0.717) is 11.3 Å². The third kappa shape index (κ3) is 3.41. The molecule has 1 unspecified atom stereocenters. The number of para-hydroxylation sites is 1. The number of benzene rings is 2. The Balaban J connectivity index is 2.71. The fourth-order valence-electron chi connectivity index (χ4n) is 2.46. The summed E-state index contributed by atoms with van der Waals surface area (Å²) in [5.41, 5.74) is 2.34. The second-order valence-corrected chi connectivity index (χ2v) is 5.98. The van der Waals surface area contributed by atoms with Crippen LogP contribution in [0.2, 0.25) is 0 Å². The summed E-state index contributed by atoms with van der Waals surface area (Å²) < 4.78 is 10.1. The van der Waals surface area contributed by atoms with Gasteiger partial charge in [-0.3, -0.25) is 14.9 Å². The summed E-state index contributed by atoms with van der Waals surface area (Å²) in [4.78, 5) is 21.8. The summed E-state index contributed by atoms with van der Waals surface area (Å²) in [5.74, 6) is 0.0394. The Hall–Kier alpha value is -2.41. The minimum atomic E-state index is -0.933. The van der Waals surface area contributed by atoms with Crippen LogP contribution in [0.1, 0.15) is 16.0 Å². The van der Waals surface area contributed by atoms with Gasteiger partial charge in [0, 0.05) is 11.6 Å². The topological polar surface area (TPSA) is 78.7 Å². The molecule has 0 radical (unpaired) electrons. The predicted octanol–water partition coefficient (Wildman–Crippen LogP) is 4.19. The van der Waals surface area contributed by atoms with Crippen molar-refractivity contribution in [3.8, 4) is 16.9 Å². The number of nitro benzene ring substituents is 1. The zero-order valence-corrected chi connectivity index (χ0v) is 15.0. The molecule has 0 aliphatic heterocycles. The molecule has 7 heteroatoms. The monoisotopic (exact) mass is 393 g/mol. The predicted molar refractivity (Wildman–Crippen MR) is 93.5 cm³/mol. The lowest BCUT2D eigenvalue weighted by atomic mass is 9.95. The average molecular weight is 394 g/mol. The number of hydrogen-bond donors (Lipinski definition) is 0. The number of rotatable bonds is 5. The Morgan fingerprint density at radius 1 is 1.21 bits per heavy atom. The number of carbonyl (C=O) groups is 1. The van der Waals surface area contributed by atoms with Gasteiger partial charge in [-0.15, -0.1) is 0 Å². The minimum absolute atomic E-state index is 0.140. The number of halogens is 1. The molecule has 0 fully saturated rings. The Kier molecular flexibility index (Phi) is 5.56. The van der Waals surface area contributed by atoms with Gasteiger partial charge in [-0.25, -0.2) is 0 Å². The lowest BCUT2D eigenvalue weighted by molar-refractivity contribution is -0.385. The highest BCUT2D eigenvalue weighted by Gasteiger charge is 2.28. The number of nitro groups is 1. The van der Waals surface area contributed by atoms with Gasteiger partial charge in [0.1, 0.15) is 10.6 Å². The van der Waals surface area contributed by atoms with Crippen molar-refractivity contribution in [1.29, 1.82) is 0 Å². The molecular formula is C17H16BrNO5. The molecule has 2 rings (SSSR count). The summed E-state index contributed by atoms with van der Waals surface area (Å²) >= 11 is 3.19. The van der Waals surface area contributed by atoms with Crippen molar-refractivity contribution < 1.29 is 19.2 Å². The van der Waals surface area contributed by atoms with E-state index in [0.717, 1.165) is 11.1 Å². The lowest BCUT2D eigenvalue weighted by Crippen LogP contribution is -2.11. The quantitative estimate of drug-likeness (QED) is 0.329. The second-order valence-electron chi connectivity index (χ2n) is 5.07. The first-order valence-corrected chi connectivity index (χ1v) is 7.96. The van der Waals surface area contributed by atoms with E-state index >= 15 is 0 Å². The normalized spacial score (nSPS) is 11.7. The molecule has 0 saturated heterocycles. The van der Waals surface area contributed by atoms with Gasteiger partial charge in [-0.1, -0.05) is 34.1 Å². The number of hydrogen-bond acceptors (Lipinski definition) is 5. The van der Waals surface area contributed by atoms with Crippen molar-refractivity contribution in [2.45, 2.75) is 11.8 Å². The number of aryl methyl sites for hydroxylation is 1. The third-order valence-corrected chi connectivity index (χ3v) is 4.52. The van der Waals surface area contributed by atoms with E-state index in [1.807, 2.05) is 24.3 Å². The number of nitrogens with zero attached hydrogens (tertiary/aromatic N) is 1. The highest BCUT2D eigenvalue weighted by molar-refractivity contribution is 9.09. The molecule has 0 heterocycles. The summed E-state index contributed by atoms with van der Waals surface area (Å²) in [6.45, 7) is 1.78. The molecule has 0 N–H and O–H groups in total. The highest BCUT2D eigenvalue weighted by atomic mass is 79.9. The van der Waals surface area contributed by atoms with Crippen LogP contribution in [-0.2, 0) is 9.53 Å². The van der Waals surface area contributed by atoms with Crippen molar-refractivity contribution in [1.82, 2.24) is 0 Å². The molecule has 2 aromatic rings. The van der Waals surface area contributed by atoms with Crippen LogP contribution in [0.3, 0.4) is 0 Å². The van der Waals surface area contributed by atoms with E-state index < -0.39 is 15.7 Å². The van der Waals surface area contributed by atoms with E-state index in [-0.39, 0.29) is 11.3 Å². The SMILES string of the molecule is COC(=O)C(Br)c1cc(-c2ccccc2OC)c(C)cc1[N+](=O)[O-]. The molecule has 0 amide bonds. The Morgan fingerprint density at radius 2 is 1.88 bits per heavy atom. The molecule has 0 aliphatic rings. The number of carbonyl (C=O) groups excluding carboxylic acids is 1. The van der Waals surface area contributed by atoms with Crippen molar-refractivity contribution in [2.75, 3.05) is 14.2 Å². The van der Waals surface area contributed by atoms with E-state index in [4.69, 9.17) is 4.74 Å². The average Bonchev–Trinajstić information content (AvgIpc) is 2.60. The standard InChI is InChI=1S/C17H16BrNO5/c1-10-8-14(19(21)22)13(16(18)17(20)24-3)9-12(10)11-6-4-5-7-15(11)23-2/h4-9,16H,1-3H3. The van der Waals surface area contributed by atoms with Crippen molar-refractivity contribution >= 4 is 27.6 Å². The largest absolute Gasteiger partial charge is 0.496 e. The molecule has 126 valence electrons. The van der Waals surface area contributed by atoms with E-state index in [1.165, 1.54) is 13.2 Å². The van der Waals surface area contributed by atoms with Gasteiger partial charge in [0.15, 0.2) is 0 Å². The fourth-order valence-corrected chi connectivity index (χ4v) is 3.01. The molecule has 0 saturated carbocycles. The van der Waals surface area contributed by atoms with Gasteiger partial charge in [0.25, 0.3) is 5.69 Å². The van der Waals surface area contributed by atoms with Crippen LogP contribution in [0.5, 0.6) is 5.75 Å². The lowest BCUT2D eigenvalue weighted by Gasteiger charge is -2.15. The molecule has 0 aliphatic carbocycles. The number of esters is 1. The minimum Gasteiger partial charge on any atom is -0.496 e. The number of alkyl halides is 1. The summed E-state index contributed by atoms with van der Waals surface area (Å²) in [6.07, 6.45) is 0. The van der Waals surface area contributed by atoms with Crippen molar-refractivity contribution in [2.24, 2.45) is 0 Å². The van der Waals surface area contributed by atoms with Crippen molar-refractivity contribution in [3.05, 3.63) is 57.6 Å². The first-order chi connectivity index (χ1) is 11.4. The number of ether oxygens (including phenoxy) is 2. The highest BCUT2D eigenvalue weighted by Crippen LogP contribution is 2.39. The van der Waals surface area contributed by atoms with Crippen LogP contribution in [0, 0.1) is 17.0 Å². The Bertz CT molecular complexity index is 791. The van der Waals surface area contributed by atoms with E-state index in [1.54, 1.807) is 20.1 Å². The van der Waals surface area contributed by atoms with Crippen LogP contribution in [0.15, 0.2) is 36.4 Å². The molecule has 0 aromatic heterocycles. The first-order valence-electron chi connectivity index (χ1n) is 7.05. The van der Waals surface area contributed by atoms with Gasteiger partial charge >= 0.3 is 5.97 Å². The summed E-state index contributed by atoms with van der Waals surface area (Å²) in [7, 11) is 2.79. The molecule has 1 atom stereocenters. The molecule has 2 aromatic carbocycles. The first kappa shape index (κ1) is 17.9. The van der Waals surface area contributed by atoms with Crippen LogP contribution in [0.25, 0.3) is 11.1 Å². The molecule has 0 spiro atoms. The maximum Gasteiger partial charge on any atom is 0.324 e. The van der Waals surface area contributed by atoms with Crippen molar-refractivity contribution in [3.63, 3.8) is 0 Å². The second kappa shape index (κ2) is 7.44. The van der Waals surface area contributed by atoms with E-state index in [2.05, 4.69) is 20.7 Å². The zero-order chi connectivity index (χ0) is 17.9. The van der Waals surface area contributed by atoms with Gasteiger partial charge in [0.05, 0.1) is 24.7 Å². The van der Waals surface area contributed by atoms with Gasteiger partial charge in [-0.2, -0.15) is 0 Å². The van der Waals surface area contributed by atoms with Gasteiger partial charge < -0.3 is 9.47 Å². The smallest absolute Gasteiger partial charge is 0.324 e. The Morgan fingerprint density at radius 3 is 2.46 bits per heavy atom. The fraction of sp³-hybridized carbons (Fsp3) is 0.235. The zero-order valence-electron chi connectivity index (χ0n) is 13.4. The molecule has 24 heavy (non-hydrogen) atoms. The molecule has 0 bridgehead atoms. The molecular weight excluding hydrogens is 378 g/mol. The van der Waals surface area contributed by atoms with Crippen LogP contribution < -0.4 is 4.74 Å². The van der Waals surface area contributed by atoms with Crippen LogP contribution in [-0.4, -0.2) is 25.1 Å². The van der Waals surface area contributed by atoms with E-state index in [9.17, 15) is 14.9 Å². The summed E-state index contributed by atoms with van der Waals surface area (Å²) in [6, 6.07) is 10.4. The van der Waals surface area contributed by atoms with Gasteiger partial charge in [-0.05, 0) is 30.2 Å². The van der Waals surface area contributed by atoms with Crippen LogP contribution >= 0.6 is 15.9 Å². The summed E-state index contributed by atoms with van der Waals surface area (Å²) in [5, 5.41) is 11.4. The maximum atomic E-state index is 11.8. The maximum absolute atomic E-state index is 11.8. The van der Waals surface area contributed by atoms with Gasteiger partial charge in [0.2, 0.25) is 0 Å². The number of methoxy groups -OCH3 is 2. The van der Waals surface area contributed by atoms with Crippen LogP contribution in [0.4, 0.5) is 5.69 Å². The third-order valence-electron chi connectivity index (χ3n) is 3.65. The molecule has 6 nitrogen and oxygen atoms in total. The Labute approximate surface area is 147 Å².